The third-order valence-electron chi connectivity index (χ3n) is 4.43. The molecule has 1 aromatic rings. The molecular weight excluding hydrogens is 234 g/mol. The van der Waals surface area contributed by atoms with E-state index in [1.54, 1.807) is 0 Å². The highest BCUT2D eigenvalue weighted by molar-refractivity contribution is 5.24. The summed E-state index contributed by atoms with van der Waals surface area (Å²) in [5, 5.41) is 10.4. The van der Waals surface area contributed by atoms with Crippen LogP contribution in [0.25, 0.3) is 0 Å². The molecule has 0 amide bonds. The van der Waals surface area contributed by atoms with E-state index in [0.29, 0.717) is 6.04 Å². The van der Waals surface area contributed by atoms with Crippen LogP contribution in [0.3, 0.4) is 0 Å². The zero-order valence-electron chi connectivity index (χ0n) is 12.3. The zero-order valence-corrected chi connectivity index (χ0v) is 12.3. The number of benzene rings is 1. The van der Waals surface area contributed by atoms with Gasteiger partial charge in [0.25, 0.3) is 0 Å². The molecule has 1 atom stereocenters. The predicted octanol–water partition coefficient (Wildman–Crippen LogP) is 3.55. The van der Waals surface area contributed by atoms with Gasteiger partial charge in [-0.05, 0) is 36.9 Å². The molecule has 1 unspecified atom stereocenters. The summed E-state index contributed by atoms with van der Waals surface area (Å²) in [4.78, 5) is 2.45. The van der Waals surface area contributed by atoms with Crippen LogP contribution >= 0.6 is 0 Å². The van der Waals surface area contributed by atoms with Gasteiger partial charge in [-0.15, -0.1) is 0 Å². The number of hydrogen-bond acceptors (Lipinski definition) is 2. The fraction of sp³-hybridized carbons (Fsp3) is 0.647. The molecule has 1 N–H and O–H groups in total. The summed E-state index contributed by atoms with van der Waals surface area (Å²) in [6.07, 6.45) is 6.00. The van der Waals surface area contributed by atoms with Crippen LogP contribution in [0, 0.1) is 0 Å². The van der Waals surface area contributed by atoms with Crippen molar-refractivity contribution in [2.24, 2.45) is 0 Å². The van der Waals surface area contributed by atoms with Crippen molar-refractivity contribution in [1.29, 1.82) is 0 Å². The first-order valence-corrected chi connectivity index (χ1v) is 7.75. The van der Waals surface area contributed by atoms with Crippen LogP contribution in [-0.2, 0) is 6.42 Å². The predicted molar refractivity (Wildman–Crippen MR) is 80.3 cm³/mol. The first-order valence-electron chi connectivity index (χ1n) is 7.75. The van der Waals surface area contributed by atoms with Crippen molar-refractivity contribution in [3.05, 3.63) is 35.4 Å². The Morgan fingerprint density at radius 3 is 2.32 bits per heavy atom. The van der Waals surface area contributed by atoms with Crippen molar-refractivity contribution in [2.45, 2.75) is 58.1 Å². The molecule has 19 heavy (non-hydrogen) atoms. The van der Waals surface area contributed by atoms with Crippen LogP contribution in [0.4, 0.5) is 0 Å². The molecule has 0 spiro atoms. The Bertz CT molecular complexity index is 367. The van der Waals surface area contributed by atoms with Gasteiger partial charge in [0.05, 0.1) is 6.10 Å². The lowest BCUT2D eigenvalue weighted by Crippen LogP contribution is -2.36. The first-order chi connectivity index (χ1) is 9.24. The van der Waals surface area contributed by atoms with E-state index in [4.69, 9.17) is 0 Å². The Labute approximate surface area is 117 Å². The number of rotatable bonds is 6. The lowest BCUT2D eigenvalue weighted by atomic mass is 10.0. The maximum absolute atomic E-state index is 10.4. The Kier molecular flexibility index (Phi) is 5.41. The van der Waals surface area contributed by atoms with Gasteiger partial charge in [0.2, 0.25) is 0 Å². The number of aliphatic hydroxyl groups excluding tert-OH is 1. The molecule has 2 nitrogen and oxygen atoms in total. The smallest absolute Gasteiger partial charge is 0.0917 e. The van der Waals surface area contributed by atoms with Gasteiger partial charge in [-0.3, -0.25) is 4.90 Å². The summed E-state index contributed by atoms with van der Waals surface area (Å²) in [7, 11) is 0. The molecule has 0 saturated heterocycles. The average Bonchev–Trinajstić information content (AvgIpc) is 2.98. The minimum atomic E-state index is -0.355. The van der Waals surface area contributed by atoms with Gasteiger partial charge in [0.1, 0.15) is 0 Å². The van der Waals surface area contributed by atoms with Gasteiger partial charge in [-0.25, -0.2) is 0 Å². The van der Waals surface area contributed by atoms with E-state index in [0.717, 1.165) is 25.1 Å². The van der Waals surface area contributed by atoms with E-state index < -0.39 is 0 Å². The molecule has 1 aliphatic carbocycles. The molecule has 0 radical (unpaired) electrons. The molecular formula is C17H27NO. The Morgan fingerprint density at radius 1 is 1.16 bits per heavy atom. The van der Waals surface area contributed by atoms with Gasteiger partial charge in [-0.2, -0.15) is 0 Å². The van der Waals surface area contributed by atoms with Crippen LogP contribution in [0.15, 0.2) is 24.3 Å². The Balaban J connectivity index is 1.95. The molecule has 0 aromatic heterocycles. The van der Waals surface area contributed by atoms with Crippen LogP contribution in [-0.4, -0.2) is 29.1 Å². The lowest BCUT2D eigenvalue weighted by Gasteiger charge is -2.29. The Morgan fingerprint density at radius 2 is 1.79 bits per heavy atom. The van der Waals surface area contributed by atoms with Crippen molar-refractivity contribution in [1.82, 2.24) is 4.90 Å². The highest BCUT2D eigenvalue weighted by atomic mass is 16.3. The molecule has 1 aromatic carbocycles. The number of nitrogens with zero attached hydrogens (tertiary/aromatic N) is 1. The maximum Gasteiger partial charge on any atom is 0.0917 e. The van der Waals surface area contributed by atoms with Crippen LogP contribution in [0.2, 0.25) is 0 Å². The molecule has 0 heterocycles. The second-order valence-electron chi connectivity index (χ2n) is 5.64. The summed E-state index contributed by atoms with van der Waals surface area (Å²) in [6.45, 7) is 6.16. The third-order valence-corrected chi connectivity index (χ3v) is 4.43. The molecule has 1 aliphatic rings. The van der Waals surface area contributed by atoms with E-state index in [1.165, 1.54) is 31.2 Å². The Hall–Kier alpha value is -0.860. The van der Waals surface area contributed by atoms with Gasteiger partial charge in [0, 0.05) is 12.6 Å². The SMILES string of the molecule is CCc1ccc(C(O)CN(CC)C2CCCC2)cc1. The fourth-order valence-electron chi connectivity index (χ4n) is 3.11. The summed E-state index contributed by atoms with van der Waals surface area (Å²) >= 11 is 0. The van der Waals surface area contributed by atoms with Crippen molar-refractivity contribution in [3.63, 3.8) is 0 Å². The van der Waals surface area contributed by atoms with Gasteiger partial charge < -0.3 is 5.11 Å². The minimum absolute atomic E-state index is 0.355. The number of likely N-dealkylation sites (N-methyl/N-ethyl adjacent to an activating group) is 1. The molecule has 0 aliphatic heterocycles. The highest BCUT2D eigenvalue weighted by Gasteiger charge is 2.23. The van der Waals surface area contributed by atoms with E-state index in [1.807, 2.05) is 0 Å². The molecule has 2 rings (SSSR count). The van der Waals surface area contributed by atoms with Gasteiger partial charge in [-0.1, -0.05) is 51.0 Å². The molecule has 1 fully saturated rings. The first kappa shape index (κ1) is 14.5. The van der Waals surface area contributed by atoms with E-state index in [9.17, 15) is 5.11 Å². The van der Waals surface area contributed by atoms with Crippen molar-refractivity contribution in [2.75, 3.05) is 13.1 Å². The summed E-state index contributed by atoms with van der Waals surface area (Å²) in [5.74, 6) is 0. The van der Waals surface area contributed by atoms with Crippen LogP contribution in [0.1, 0.15) is 56.8 Å². The molecule has 2 heteroatoms. The van der Waals surface area contributed by atoms with Gasteiger partial charge in [0.15, 0.2) is 0 Å². The lowest BCUT2D eigenvalue weighted by molar-refractivity contribution is 0.0914. The molecule has 106 valence electrons. The second kappa shape index (κ2) is 7.06. The quantitative estimate of drug-likeness (QED) is 0.846. The standard InChI is InChI=1S/C17H27NO/c1-3-14-9-11-15(12-10-14)17(19)13-18(4-2)16-7-5-6-8-16/h9-12,16-17,19H,3-8,13H2,1-2H3. The van der Waals surface area contributed by atoms with Crippen molar-refractivity contribution in [3.8, 4) is 0 Å². The molecule has 0 bridgehead atoms. The number of aliphatic hydroxyl groups is 1. The minimum Gasteiger partial charge on any atom is -0.387 e. The van der Waals surface area contributed by atoms with Crippen molar-refractivity contribution >= 4 is 0 Å². The fourth-order valence-corrected chi connectivity index (χ4v) is 3.11. The van der Waals surface area contributed by atoms with E-state index in [-0.39, 0.29) is 6.10 Å². The van der Waals surface area contributed by atoms with Gasteiger partial charge >= 0.3 is 0 Å². The summed E-state index contributed by atoms with van der Waals surface area (Å²) in [6, 6.07) is 9.10. The average molecular weight is 261 g/mol. The second-order valence-corrected chi connectivity index (χ2v) is 5.64. The van der Waals surface area contributed by atoms with Crippen molar-refractivity contribution < 1.29 is 5.11 Å². The summed E-state index contributed by atoms with van der Waals surface area (Å²) < 4.78 is 0. The normalized spacial score (nSPS) is 18.1. The number of hydrogen-bond donors (Lipinski definition) is 1. The number of aryl methyl sites for hydroxylation is 1. The van der Waals surface area contributed by atoms with Crippen LogP contribution < -0.4 is 0 Å². The largest absolute Gasteiger partial charge is 0.387 e. The maximum atomic E-state index is 10.4. The highest BCUT2D eigenvalue weighted by Crippen LogP contribution is 2.25. The topological polar surface area (TPSA) is 23.5 Å². The van der Waals surface area contributed by atoms with E-state index in [2.05, 4.69) is 43.0 Å². The monoisotopic (exact) mass is 261 g/mol. The zero-order chi connectivity index (χ0) is 13.7. The van der Waals surface area contributed by atoms with Crippen LogP contribution in [0.5, 0.6) is 0 Å². The summed E-state index contributed by atoms with van der Waals surface area (Å²) in [5.41, 5.74) is 2.38. The third kappa shape index (κ3) is 3.80. The molecule has 1 saturated carbocycles. The van der Waals surface area contributed by atoms with E-state index >= 15 is 0 Å².